The molecule has 0 atom stereocenters. The number of nitrogens with two attached hydrogens (primary N) is 2. The van der Waals surface area contributed by atoms with E-state index in [1.807, 2.05) is 0 Å². The van der Waals surface area contributed by atoms with Crippen molar-refractivity contribution in [3.63, 3.8) is 0 Å². The summed E-state index contributed by atoms with van der Waals surface area (Å²) in [6.45, 7) is 0. The molecule has 0 saturated carbocycles. The van der Waals surface area contributed by atoms with Gasteiger partial charge in [-0.05, 0) is 59.7 Å². The van der Waals surface area contributed by atoms with E-state index in [4.69, 9.17) is 34.7 Å². The van der Waals surface area contributed by atoms with Crippen LogP contribution in [0.2, 0.25) is 10.0 Å². The number of rotatable bonds is 6. The second-order valence-electron chi connectivity index (χ2n) is 7.61. The van der Waals surface area contributed by atoms with Gasteiger partial charge in [0.05, 0.1) is 9.85 Å². The topological polar surface area (TPSA) is 161 Å². The molecule has 0 aromatic heterocycles. The fraction of sp³-hybridized carbons (Fsp3) is 0. The molecular weight excluding hydrogens is 527 g/mol. The maximum absolute atomic E-state index is 13.9. The van der Waals surface area contributed by atoms with Crippen molar-refractivity contribution in [2.75, 3.05) is 11.5 Å². The summed E-state index contributed by atoms with van der Waals surface area (Å²) in [5, 5.41) is 23.5. The minimum Gasteiger partial charge on any atom is -0.606 e. The fourth-order valence-corrected chi connectivity index (χ4v) is 5.35. The number of nitro benzene ring substituents is 2. The van der Waals surface area contributed by atoms with Crippen LogP contribution in [0.3, 0.4) is 0 Å². The van der Waals surface area contributed by atoms with E-state index in [9.17, 15) is 24.8 Å². The normalized spacial score (nSPS) is 11.0. The summed E-state index contributed by atoms with van der Waals surface area (Å²) in [4.78, 5) is 22.2. The molecule has 0 unspecified atom stereocenters. The average molecular weight is 543 g/mol. The lowest BCUT2D eigenvalue weighted by atomic mass is 10.0. The number of halogens is 2. The minimum atomic E-state index is -1.85. The molecule has 4 aromatic rings. The molecule has 0 amide bonds. The van der Waals surface area contributed by atoms with E-state index in [1.165, 1.54) is 24.3 Å². The van der Waals surface area contributed by atoms with E-state index in [0.29, 0.717) is 42.1 Å². The third-order valence-electron chi connectivity index (χ3n) is 5.36. The standard InChI is InChI=1S/C24H16Cl2N4O5S/c25-15-3-7-23(17(11-15)13-1-5-19(27)21(9-13)29(31)32)36(35)24-8-4-16(26)12-18(24)14-2-6-20(28)22(10-14)30(33)34/h1-12H,27-28H2. The van der Waals surface area contributed by atoms with E-state index in [2.05, 4.69) is 0 Å². The van der Waals surface area contributed by atoms with Gasteiger partial charge in [-0.15, -0.1) is 0 Å². The second kappa shape index (κ2) is 10.0. The summed E-state index contributed by atoms with van der Waals surface area (Å²) in [5.41, 5.74) is 12.4. The van der Waals surface area contributed by atoms with Crippen molar-refractivity contribution >= 4 is 57.1 Å². The van der Waals surface area contributed by atoms with Gasteiger partial charge in [-0.1, -0.05) is 35.3 Å². The van der Waals surface area contributed by atoms with Crippen LogP contribution in [0.15, 0.2) is 82.6 Å². The Balaban J connectivity index is 1.90. The Kier molecular flexibility index (Phi) is 7.04. The van der Waals surface area contributed by atoms with Gasteiger partial charge in [0, 0.05) is 44.5 Å². The summed E-state index contributed by atoms with van der Waals surface area (Å²) < 4.78 is 13.9. The molecule has 9 nitrogen and oxygen atoms in total. The molecular formula is C24H16Cl2N4O5S. The Bertz CT molecular complexity index is 1420. The zero-order valence-electron chi connectivity index (χ0n) is 18.2. The molecule has 0 aliphatic carbocycles. The van der Waals surface area contributed by atoms with E-state index in [1.54, 1.807) is 48.5 Å². The van der Waals surface area contributed by atoms with Gasteiger partial charge in [0.2, 0.25) is 0 Å². The highest BCUT2D eigenvalue weighted by atomic mass is 35.5. The Labute approximate surface area is 217 Å². The molecule has 0 aliphatic heterocycles. The maximum atomic E-state index is 13.9. The number of benzene rings is 4. The minimum absolute atomic E-state index is 0.0154. The fourth-order valence-electron chi connectivity index (χ4n) is 3.64. The quantitative estimate of drug-likeness (QED) is 0.122. The molecule has 182 valence electrons. The van der Waals surface area contributed by atoms with Crippen molar-refractivity contribution < 1.29 is 14.4 Å². The lowest BCUT2D eigenvalue weighted by molar-refractivity contribution is -0.384. The molecule has 0 fully saturated rings. The molecule has 0 radical (unpaired) electrons. The number of nitrogens with zero attached hydrogens (tertiary/aromatic N) is 2. The zero-order valence-corrected chi connectivity index (χ0v) is 20.5. The SMILES string of the molecule is Nc1ccc(-c2cc(Cl)ccc2[S+]([O-])c2ccc(Cl)cc2-c2ccc(N)c([N+](=O)[O-])c2)cc1[N+](=O)[O-]. The molecule has 4 rings (SSSR count). The third kappa shape index (κ3) is 4.93. The van der Waals surface area contributed by atoms with Crippen LogP contribution >= 0.6 is 23.2 Å². The first-order chi connectivity index (χ1) is 17.1. The largest absolute Gasteiger partial charge is 0.606 e. The van der Waals surface area contributed by atoms with Gasteiger partial charge in [-0.2, -0.15) is 0 Å². The summed E-state index contributed by atoms with van der Waals surface area (Å²) in [7, 11) is 0. The van der Waals surface area contributed by atoms with Crippen molar-refractivity contribution in [3.8, 4) is 22.3 Å². The van der Waals surface area contributed by atoms with Crippen molar-refractivity contribution in [1.82, 2.24) is 0 Å². The third-order valence-corrected chi connectivity index (χ3v) is 7.34. The molecule has 4 N–H and O–H groups in total. The van der Waals surface area contributed by atoms with Crippen molar-refractivity contribution in [3.05, 3.63) is 103 Å². The highest BCUT2D eigenvalue weighted by Crippen LogP contribution is 2.40. The average Bonchev–Trinajstić information content (AvgIpc) is 2.84. The van der Waals surface area contributed by atoms with Crippen LogP contribution in [0.4, 0.5) is 22.7 Å². The number of nitrogen functional groups attached to an aromatic ring is 2. The summed E-state index contributed by atoms with van der Waals surface area (Å²) in [5.74, 6) is 0. The summed E-state index contributed by atoms with van der Waals surface area (Å²) in [6, 6.07) is 17.8. The second-order valence-corrected chi connectivity index (χ2v) is 9.90. The number of nitro groups is 2. The van der Waals surface area contributed by atoms with Crippen molar-refractivity contribution in [2.24, 2.45) is 0 Å². The smallest absolute Gasteiger partial charge is 0.292 e. The van der Waals surface area contributed by atoms with Gasteiger partial charge in [-0.25, -0.2) is 0 Å². The maximum Gasteiger partial charge on any atom is 0.292 e. The summed E-state index contributed by atoms with van der Waals surface area (Å²) >= 11 is 10.6. The lowest BCUT2D eigenvalue weighted by Gasteiger charge is -2.18. The monoisotopic (exact) mass is 542 g/mol. The Hall–Kier alpha value is -3.83. The van der Waals surface area contributed by atoms with E-state index >= 15 is 0 Å². The van der Waals surface area contributed by atoms with Crippen LogP contribution in [0.1, 0.15) is 0 Å². The van der Waals surface area contributed by atoms with E-state index < -0.39 is 21.0 Å². The van der Waals surface area contributed by atoms with Gasteiger partial charge in [-0.3, -0.25) is 20.2 Å². The highest BCUT2D eigenvalue weighted by Gasteiger charge is 2.26. The van der Waals surface area contributed by atoms with Crippen LogP contribution < -0.4 is 11.5 Å². The summed E-state index contributed by atoms with van der Waals surface area (Å²) in [6.07, 6.45) is 0. The number of hydrogen-bond acceptors (Lipinski definition) is 7. The van der Waals surface area contributed by atoms with Gasteiger partial charge < -0.3 is 16.0 Å². The molecule has 0 aliphatic rings. The molecule has 0 saturated heterocycles. The zero-order chi connectivity index (χ0) is 26.1. The molecule has 0 spiro atoms. The lowest BCUT2D eigenvalue weighted by Crippen LogP contribution is -2.07. The van der Waals surface area contributed by atoms with Crippen LogP contribution in [-0.4, -0.2) is 14.4 Å². The predicted octanol–water partition coefficient (Wildman–Crippen LogP) is 6.47. The van der Waals surface area contributed by atoms with Crippen LogP contribution in [0, 0.1) is 20.2 Å². The molecule has 12 heteroatoms. The van der Waals surface area contributed by atoms with Gasteiger partial charge >= 0.3 is 0 Å². The van der Waals surface area contributed by atoms with Crippen LogP contribution in [-0.2, 0) is 11.2 Å². The number of anilines is 2. The van der Waals surface area contributed by atoms with Crippen molar-refractivity contribution in [2.45, 2.75) is 9.79 Å². The predicted molar refractivity (Wildman–Crippen MR) is 141 cm³/mol. The van der Waals surface area contributed by atoms with Crippen LogP contribution in [0.25, 0.3) is 22.3 Å². The molecule has 0 heterocycles. The Morgan fingerprint density at radius 3 is 1.39 bits per heavy atom. The van der Waals surface area contributed by atoms with Gasteiger partial charge in [0.25, 0.3) is 11.4 Å². The van der Waals surface area contributed by atoms with Crippen molar-refractivity contribution in [1.29, 1.82) is 0 Å². The molecule has 0 bridgehead atoms. The first-order valence-electron chi connectivity index (χ1n) is 10.2. The molecule has 36 heavy (non-hydrogen) atoms. The van der Waals surface area contributed by atoms with Crippen LogP contribution in [0.5, 0.6) is 0 Å². The number of hydrogen-bond donors (Lipinski definition) is 2. The molecule has 4 aromatic carbocycles. The first-order valence-corrected chi connectivity index (χ1v) is 12.1. The first kappa shape index (κ1) is 25.3. The Morgan fingerprint density at radius 1 is 0.639 bits per heavy atom. The van der Waals surface area contributed by atoms with Gasteiger partial charge in [0.15, 0.2) is 9.79 Å². The van der Waals surface area contributed by atoms with Gasteiger partial charge in [0.1, 0.15) is 11.4 Å². The highest BCUT2D eigenvalue weighted by molar-refractivity contribution is 7.91. The van der Waals surface area contributed by atoms with E-state index in [-0.39, 0.29) is 22.7 Å². The van der Waals surface area contributed by atoms with E-state index in [0.717, 1.165) is 0 Å². The Morgan fingerprint density at radius 2 is 1.03 bits per heavy atom.